The summed E-state index contributed by atoms with van der Waals surface area (Å²) in [5, 5.41) is 11.0. The van der Waals surface area contributed by atoms with Crippen LogP contribution in [0.15, 0.2) is 53.4 Å². The Balaban J connectivity index is 2.62. The predicted molar refractivity (Wildman–Crippen MR) is 97.3 cm³/mol. The number of anilines is 1. The standard InChI is InChI=1S/C17H18N2O7S/c1-3-26-16-10-5-4-9-15(16)18(12-17(20)25-2)27(23,24)14-8-6-7-13(11-14)19(21)22/h4-11H,3,12H2,1-2H3. The zero-order valence-electron chi connectivity index (χ0n) is 14.7. The van der Waals surface area contributed by atoms with Gasteiger partial charge in [-0.05, 0) is 25.1 Å². The highest BCUT2D eigenvalue weighted by Crippen LogP contribution is 2.33. The molecule has 0 heterocycles. The molecule has 0 spiro atoms. The lowest BCUT2D eigenvalue weighted by atomic mass is 10.3. The first-order valence-electron chi connectivity index (χ1n) is 7.87. The van der Waals surface area contributed by atoms with Crippen molar-refractivity contribution in [1.82, 2.24) is 0 Å². The summed E-state index contributed by atoms with van der Waals surface area (Å²) < 4.78 is 37.2. The lowest BCUT2D eigenvalue weighted by Gasteiger charge is -2.25. The van der Waals surface area contributed by atoms with Gasteiger partial charge in [0.1, 0.15) is 12.3 Å². The molecule has 0 aliphatic heterocycles. The molecule has 0 N–H and O–H groups in total. The van der Waals surface area contributed by atoms with Gasteiger partial charge in [-0.25, -0.2) is 8.42 Å². The van der Waals surface area contributed by atoms with Crippen LogP contribution in [-0.4, -0.2) is 39.6 Å². The number of hydrogen-bond donors (Lipinski definition) is 0. The molecule has 2 rings (SSSR count). The van der Waals surface area contributed by atoms with Gasteiger partial charge in [-0.15, -0.1) is 0 Å². The van der Waals surface area contributed by atoms with Crippen LogP contribution in [-0.2, 0) is 19.6 Å². The lowest BCUT2D eigenvalue weighted by Crippen LogP contribution is -2.36. The number of rotatable bonds is 8. The summed E-state index contributed by atoms with van der Waals surface area (Å²) in [6.45, 7) is 1.39. The molecule has 0 aliphatic rings. The van der Waals surface area contributed by atoms with E-state index in [4.69, 9.17) is 4.74 Å². The van der Waals surface area contributed by atoms with Crippen molar-refractivity contribution in [3.05, 3.63) is 58.6 Å². The Kier molecular flexibility index (Phi) is 6.35. The molecule has 9 nitrogen and oxygen atoms in total. The average molecular weight is 394 g/mol. The van der Waals surface area contributed by atoms with E-state index in [-0.39, 0.29) is 28.6 Å². The van der Waals surface area contributed by atoms with Crippen LogP contribution < -0.4 is 9.04 Å². The molecule has 0 fully saturated rings. The van der Waals surface area contributed by atoms with E-state index in [1.54, 1.807) is 25.1 Å². The molecule has 0 aliphatic carbocycles. The van der Waals surface area contributed by atoms with Crippen LogP contribution in [0.4, 0.5) is 11.4 Å². The zero-order chi connectivity index (χ0) is 20.0. The smallest absolute Gasteiger partial charge is 0.326 e. The largest absolute Gasteiger partial charge is 0.492 e. The van der Waals surface area contributed by atoms with E-state index >= 15 is 0 Å². The number of hydrogen-bond acceptors (Lipinski definition) is 7. The molecule has 2 aromatic rings. The van der Waals surface area contributed by atoms with Gasteiger partial charge in [0.25, 0.3) is 15.7 Å². The van der Waals surface area contributed by atoms with Crippen LogP contribution >= 0.6 is 0 Å². The highest BCUT2D eigenvalue weighted by Gasteiger charge is 2.30. The van der Waals surface area contributed by atoms with Gasteiger partial charge >= 0.3 is 5.97 Å². The van der Waals surface area contributed by atoms with Gasteiger partial charge in [-0.1, -0.05) is 18.2 Å². The third-order valence-corrected chi connectivity index (χ3v) is 5.31. The Morgan fingerprint density at radius 1 is 1.19 bits per heavy atom. The lowest BCUT2D eigenvalue weighted by molar-refractivity contribution is -0.385. The van der Waals surface area contributed by atoms with Gasteiger partial charge in [0.2, 0.25) is 0 Å². The van der Waals surface area contributed by atoms with Gasteiger partial charge in [0.15, 0.2) is 0 Å². The van der Waals surface area contributed by atoms with E-state index in [1.165, 1.54) is 24.3 Å². The topological polar surface area (TPSA) is 116 Å². The van der Waals surface area contributed by atoms with Crippen LogP contribution in [0.5, 0.6) is 5.75 Å². The summed E-state index contributed by atoms with van der Waals surface area (Å²) >= 11 is 0. The van der Waals surface area contributed by atoms with E-state index in [0.717, 1.165) is 17.5 Å². The highest BCUT2D eigenvalue weighted by molar-refractivity contribution is 7.92. The third kappa shape index (κ3) is 4.53. The monoisotopic (exact) mass is 394 g/mol. The van der Waals surface area contributed by atoms with Crippen molar-refractivity contribution in [2.45, 2.75) is 11.8 Å². The highest BCUT2D eigenvalue weighted by atomic mass is 32.2. The number of esters is 1. The first-order valence-corrected chi connectivity index (χ1v) is 9.31. The normalized spacial score (nSPS) is 10.9. The van der Waals surface area contributed by atoms with Crippen molar-refractivity contribution in [3.8, 4) is 5.75 Å². The first-order chi connectivity index (χ1) is 12.8. The molecular weight excluding hydrogens is 376 g/mol. The number of sulfonamides is 1. The number of nitro groups is 1. The summed E-state index contributed by atoms with van der Waals surface area (Å²) in [7, 11) is -3.17. The summed E-state index contributed by atoms with van der Waals surface area (Å²) in [5.74, 6) is -0.548. The molecule has 0 atom stereocenters. The predicted octanol–water partition coefficient (Wildman–Crippen LogP) is 2.36. The Labute approximate surface area is 156 Å². The van der Waals surface area contributed by atoms with E-state index in [1.807, 2.05) is 0 Å². The van der Waals surface area contributed by atoms with Crippen molar-refractivity contribution in [2.75, 3.05) is 24.6 Å². The number of nitrogens with zero attached hydrogens (tertiary/aromatic N) is 2. The van der Waals surface area contributed by atoms with E-state index in [0.29, 0.717) is 0 Å². The Hall–Kier alpha value is -3.14. The summed E-state index contributed by atoms with van der Waals surface area (Å²) in [5.41, 5.74) is -0.261. The summed E-state index contributed by atoms with van der Waals surface area (Å²) in [6, 6.07) is 10.9. The van der Waals surface area contributed by atoms with Crippen molar-refractivity contribution >= 4 is 27.4 Å². The van der Waals surface area contributed by atoms with Crippen LogP contribution in [0.3, 0.4) is 0 Å². The van der Waals surface area contributed by atoms with E-state index in [2.05, 4.69) is 4.74 Å². The average Bonchev–Trinajstić information content (AvgIpc) is 2.66. The van der Waals surface area contributed by atoms with Gasteiger partial charge in [-0.2, -0.15) is 0 Å². The zero-order valence-corrected chi connectivity index (χ0v) is 15.5. The number of ether oxygens (including phenoxy) is 2. The van der Waals surface area contributed by atoms with Crippen molar-refractivity contribution < 1.29 is 27.6 Å². The fourth-order valence-corrected chi connectivity index (χ4v) is 3.77. The number of benzene rings is 2. The molecule has 27 heavy (non-hydrogen) atoms. The number of carbonyl (C=O) groups excluding carboxylic acids is 1. The maximum atomic E-state index is 13.2. The Morgan fingerprint density at radius 2 is 1.89 bits per heavy atom. The van der Waals surface area contributed by atoms with E-state index in [9.17, 15) is 23.3 Å². The number of nitro benzene ring substituents is 1. The molecule has 0 bridgehead atoms. The first kappa shape index (κ1) is 20.2. The second-order valence-corrected chi connectivity index (χ2v) is 7.11. The second-order valence-electron chi connectivity index (χ2n) is 5.24. The van der Waals surface area contributed by atoms with Crippen molar-refractivity contribution in [2.24, 2.45) is 0 Å². The molecular formula is C17H18N2O7S. The van der Waals surface area contributed by atoms with E-state index < -0.39 is 27.5 Å². The molecule has 0 saturated carbocycles. The molecule has 2 aromatic carbocycles. The second kappa shape index (κ2) is 8.49. The van der Waals surface area contributed by atoms with Crippen LogP contribution in [0.25, 0.3) is 0 Å². The Morgan fingerprint density at radius 3 is 2.52 bits per heavy atom. The molecule has 0 aromatic heterocycles. The Bertz CT molecular complexity index is 944. The number of methoxy groups -OCH3 is 1. The molecule has 0 unspecified atom stereocenters. The summed E-state index contributed by atoms with van der Waals surface area (Å²) in [4.78, 5) is 21.8. The summed E-state index contributed by atoms with van der Waals surface area (Å²) in [6.07, 6.45) is 0. The SMILES string of the molecule is CCOc1ccccc1N(CC(=O)OC)S(=O)(=O)c1cccc([N+](=O)[O-])c1. The minimum Gasteiger partial charge on any atom is -0.492 e. The third-order valence-electron chi connectivity index (χ3n) is 3.55. The number of non-ortho nitro benzene ring substituents is 1. The van der Waals surface area contributed by atoms with Gasteiger partial charge in [0.05, 0.1) is 29.2 Å². The van der Waals surface area contributed by atoms with Gasteiger partial charge in [0, 0.05) is 12.1 Å². The molecule has 144 valence electrons. The van der Waals surface area contributed by atoms with Crippen molar-refractivity contribution in [1.29, 1.82) is 0 Å². The van der Waals surface area contributed by atoms with Crippen LogP contribution in [0.2, 0.25) is 0 Å². The minimum absolute atomic E-state index is 0.122. The fourth-order valence-electron chi connectivity index (χ4n) is 2.31. The van der Waals surface area contributed by atoms with Gasteiger partial charge in [-0.3, -0.25) is 19.2 Å². The number of carbonyl (C=O) groups is 1. The maximum Gasteiger partial charge on any atom is 0.326 e. The molecule has 0 radical (unpaired) electrons. The minimum atomic E-state index is -4.31. The molecule has 10 heteroatoms. The van der Waals surface area contributed by atoms with Crippen molar-refractivity contribution in [3.63, 3.8) is 0 Å². The van der Waals surface area contributed by atoms with Gasteiger partial charge < -0.3 is 9.47 Å². The molecule has 0 amide bonds. The molecule has 0 saturated heterocycles. The van der Waals surface area contributed by atoms with Crippen LogP contribution in [0, 0.1) is 10.1 Å². The van der Waals surface area contributed by atoms with Crippen LogP contribution in [0.1, 0.15) is 6.92 Å². The quantitative estimate of drug-likeness (QED) is 0.383. The fraction of sp³-hybridized carbons (Fsp3) is 0.235. The maximum absolute atomic E-state index is 13.2. The number of para-hydroxylation sites is 2.